The van der Waals surface area contributed by atoms with Crippen molar-refractivity contribution in [3.8, 4) is 11.5 Å². The molecule has 0 unspecified atom stereocenters. The van der Waals surface area contributed by atoms with E-state index in [-0.39, 0.29) is 50.2 Å². The number of furan rings is 1. The van der Waals surface area contributed by atoms with Gasteiger partial charge in [0.1, 0.15) is 24.2 Å². The predicted molar refractivity (Wildman–Crippen MR) is 214 cm³/mol. The fourth-order valence-corrected chi connectivity index (χ4v) is 9.13. The maximum Gasteiger partial charge on any atom is 0.161 e. The predicted octanol–water partition coefficient (Wildman–Crippen LogP) is 5.85. The minimum atomic E-state index is -0.927. The Morgan fingerprint density at radius 1 is 0.909 bits per heavy atom. The fourth-order valence-electron chi connectivity index (χ4n) is 9.13. The summed E-state index contributed by atoms with van der Waals surface area (Å²) in [6, 6.07) is 9.61. The molecule has 1 fully saturated rings. The Bertz CT molecular complexity index is 1560. The lowest BCUT2D eigenvalue weighted by Crippen LogP contribution is -2.42. The van der Waals surface area contributed by atoms with Crippen molar-refractivity contribution >= 4 is 0 Å². The number of H-pyrrole nitrogens is 1. The van der Waals surface area contributed by atoms with E-state index >= 15 is 0 Å². The van der Waals surface area contributed by atoms with Gasteiger partial charge in [-0.05, 0) is 118 Å². The maximum atomic E-state index is 11.4. The summed E-state index contributed by atoms with van der Waals surface area (Å²) in [4.78, 5) is 3.55. The summed E-state index contributed by atoms with van der Waals surface area (Å²) in [6.45, 7) is 2.52. The lowest BCUT2D eigenvalue weighted by molar-refractivity contribution is 0.103. The Balaban J connectivity index is 1.16. The molecule has 55 heavy (non-hydrogen) atoms. The number of ether oxygens (including phenoxy) is 1. The van der Waals surface area contributed by atoms with Gasteiger partial charge < -0.3 is 55.8 Å². The fraction of sp³-hybridized carbons (Fsp3) is 0.682. The Hall–Kier alpha value is -2.90. The van der Waals surface area contributed by atoms with Crippen LogP contribution in [0, 0.1) is 11.8 Å². The molecule has 0 saturated heterocycles. The second-order valence-corrected chi connectivity index (χ2v) is 16.3. The third-order valence-electron chi connectivity index (χ3n) is 12.1. The van der Waals surface area contributed by atoms with Crippen LogP contribution in [-0.4, -0.2) is 80.2 Å². The molecule has 2 heterocycles. The van der Waals surface area contributed by atoms with E-state index in [1.165, 1.54) is 18.4 Å². The molecule has 308 valence electrons. The van der Waals surface area contributed by atoms with Gasteiger partial charge in [-0.2, -0.15) is 0 Å². The first-order valence-electron chi connectivity index (χ1n) is 21.1. The van der Waals surface area contributed by atoms with Gasteiger partial charge in [-0.15, -0.1) is 0 Å². The lowest BCUT2D eigenvalue weighted by Gasteiger charge is -2.35. The first kappa shape index (κ1) is 43.2. The van der Waals surface area contributed by atoms with Gasteiger partial charge in [0.15, 0.2) is 11.5 Å². The summed E-state index contributed by atoms with van der Waals surface area (Å²) in [5.74, 6) is 3.36. The molecule has 2 aliphatic rings. The Morgan fingerprint density at radius 3 is 2.47 bits per heavy atom. The summed E-state index contributed by atoms with van der Waals surface area (Å²) in [5.41, 5.74) is 11.0. The molecule has 0 bridgehead atoms. The van der Waals surface area contributed by atoms with Crippen LogP contribution in [0.4, 0.5) is 0 Å². The second kappa shape index (κ2) is 22.1. The number of aromatic amines is 1. The van der Waals surface area contributed by atoms with Gasteiger partial charge in [0.25, 0.3) is 0 Å². The number of fused-ring (bicyclic) bond motifs is 2. The zero-order chi connectivity index (χ0) is 39.2. The van der Waals surface area contributed by atoms with Gasteiger partial charge in [-0.1, -0.05) is 38.2 Å². The molecular weight excluding hydrogens is 698 g/mol. The van der Waals surface area contributed by atoms with Gasteiger partial charge in [0.05, 0.1) is 12.7 Å². The van der Waals surface area contributed by atoms with Crippen molar-refractivity contribution in [3.63, 3.8) is 0 Å². The highest BCUT2D eigenvalue weighted by molar-refractivity contribution is 5.42. The molecule has 0 aliphatic heterocycles. The number of aryl methyl sites for hydroxylation is 4. The third-order valence-corrected chi connectivity index (χ3v) is 12.1. The molecule has 11 heteroatoms. The Morgan fingerprint density at radius 2 is 1.69 bits per heavy atom. The molecule has 0 spiro atoms. The van der Waals surface area contributed by atoms with E-state index in [0.29, 0.717) is 49.1 Å². The molecule has 0 amide bonds. The molecule has 11 nitrogen and oxygen atoms in total. The monoisotopic (exact) mass is 768 g/mol. The van der Waals surface area contributed by atoms with E-state index in [0.717, 1.165) is 105 Å². The standard InChI is InChI=1S/C44H69N3O8/c1-29(51)26-46-38(13-8-22-49)44-35-12-6-9-31(35)17-19-37-36(44)25-39(47-37)41(53)28-54-43-23-30(16-20-40(43)52)15-18-34-24-32(27-50)42(55-34)14-5-3-2-4-10-33(45)11-7-21-48/h16,20,23-25,29,31,33,35,38,41,44,46-53H,2-15,17-19,21-22,26-28,45H2,1H3/t29-,31+,33-,35-,38+,41-,44-/m0/s1. The topological polar surface area (TPSA) is 198 Å². The number of hydrogen-bond donors (Lipinski definition) is 9. The molecule has 0 radical (unpaired) electrons. The number of aromatic nitrogens is 1. The minimum absolute atomic E-state index is 0.0106. The van der Waals surface area contributed by atoms with Crippen molar-refractivity contribution in [1.29, 1.82) is 0 Å². The van der Waals surface area contributed by atoms with Crippen LogP contribution < -0.4 is 15.8 Å². The number of phenols is 1. The quantitative estimate of drug-likeness (QED) is 0.0472. The molecule has 3 aromatic rings. The highest BCUT2D eigenvalue weighted by Gasteiger charge is 2.42. The highest BCUT2D eigenvalue weighted by Crippen LogP contribution is 2.49. The number of nitrogens with one attached hydrogen (secondary N) is 2. The first-order chi connectivity index (χ1) is 26.7. The average Bonchev–Trinajstić information content (AvgIpc) is 3.91. The van der Waals surface area contributed by atoms with E-state index < -0.39 is 12.2 Å². The number of aliphatic hydroxyl groups excluding tert-OH is 5. The summed E-state index contributed by atoms with van der Waals surface area (Å²) in [7, 11) is 0. The average molecular weight is 768 g/mol. The van der Waals surface area contributed by atoms with Crippen LogP contribution in [0.25, 0.3) is 0 Å². The minimum Gasteiger partial charge on any atom is -0.504 e. The number of aromatic hydroxyl groups is 1. The van der Waals surface area contributed by atoms with E-state index in [2.05, 4.69) is 16.4 Å². The summed E-state index contributed by atoms with van der Waals surface area (Å²) < 4.78 is 12.2. The Kier molecular flexibility index (Phi) is 17.4. The van der Waals surface area contributed by atoms with Crippen molar-refractivity contribution in [3.05, 3.63) is 69.9 Å². The normalized spacial score (nSPS) is 20.5. The van der Waals surface area contributed by atoms with Crippen molar-refractivity contribution in [2.45, 2.75) is 153 Å². The number of phenolic OH excluding ortho intramolecular Hbond substituents is 1. The van der Waals surface area contributed by atoms with Crippen LogP contribution in [0.2, 0.25) is 0 Å². The van der Waals surface area contributed by atoms with Crippen LogP contribution in [0.3, 0.4) is 0 Å². The highest BCUT2D eigenvalue weighted by atomic mass is 16.5. The molecule has 1 saturated carbocycles. The first-order valence-corrected chi connectivity index (χ1v) is 21.1. The van der Waals surface area contributed by atoms with Crippen LogP contribution in [-0.2, 0) is 32.3 Å². The number of aliphatic hydroxyl groups is 5. The third kappa shape index (κ3) is 12.5. The van der Waals surface area contributed by atoms with Gasteiger partial charge >= 0.3 is 0 Å². The molecule has 2 aromatic heterocycles. The summed E-state index contributed by atoms with van der Waals surface area (Å²) >= 11 is 0. The number of nitrogens with two attached hydrogens (primary N) is 1. The van der Waals surface area contributed by atoms with Gasteiger partial charge in [0, 0.05) is 67.6 Å². The molecule has 5 rings (SSSR count). The lowest BCUT2D eigenvalue weighted by atomic mass is 9.75. The van der Waals surface area contributed by atoms with Crippen molar-refractivity contribution in [2.24, 2.45) is 17.6 Å². The second-order valence-electron chi connectivity index (χ2n) is 16.3. The van der Waals surface area contributed by atoms with Crippen molar-refractivity contribution < 1.29 is 39.8 Å². The number of benzene rings is 1. The summed E-state index contributed by atoms with van der Waals surface area (Å²) in [6.07, 6.45) is 14.6. The van der Waals surface area contributed by atoms with Crippen LogP contribution in [0.1, 0.15) is 142 Å². The number of hydrogen-bond acceptors (Lipinski definition) is 10. The van der Waals surface area contributed by atoms with E-state index in [1.807, 2.05) is 18.2 Å². The van der Waals surface area contributed by atoms with E-state index in [1.54, 1.807) is 13.0 Å². The van der Waals surface area contributed by atoms with Crippen molar-refractivity contribution in [2.75, 3.05) is 26.4 Å². The number of rotatable bonds is 25. The molecule has 10 N–H and O–H groups in total. The van der Waals surface area contributed by atoms with E-state index in [4.69, 9.17) is 20.0 Å². The van der Waals surface area contributed by atoms with Crippen molar-refractivity contribution in [1.82, 2.24) is 10.3 Å². The van der Waals surface area contributed by atoms with Gasteiger partial charge in [0.2, 0.25) is 0 Å². The Labute approximate surface area is 327 Å². The largest absolute Gasteiger partial charge is 0.504 e. The number of unbranched alkanes of at least 4 members (excludes halogenated alkanes) is 3. The maximum absolute atomic E-state index is 11.4. The van der Waals surface area contributed by atoms with Gasteiger partial charge in [-0.3, -0.25) is 0 Å². The summed E-state index contributed by atoms with van der Waals surface area (Å²) in [5, 5.41) is 64.4. The molecule has 7 atom stereocenters. The van der Waals surface area contributed by atoms with Crippen LogP contribution >= 0.6 is 0 Å². The zero-order valence-corrected chi connectivity index (χ0v) is 33.1. The van der Waals surface area contributed by atoms with E-state index in [9.17, 15) is 25.5 Å². The van der Waals surface area contributed by atoms with Crippen LogP contribution in [0.15, 0.2) is 34.7 Å². The van der Waals surface area contributed by atoms with Gasteiger partial charge in [-0.25, -0.2) is 0 Å². The zero-order valence-electron chi connectivity index (χ0n) is 33.1. The smallest absolute Gasteiger partial charge is 0.161 e. The molecular formula is C44H69N3O8. The molecule has 1 aromatic carbocycles. The van der Waals surface area contributed by atoms with Crippen LogP contribution in [0.5, 0.6) is 11.5 Å². The molecule has 2 aliphatic carbocycles. The SMILES string of the molecule is C[C@H](O)CN[C@H](CCCO)[C@@H]1c2cc([C@@H](O)COc3cc(CCc4cc(CO)c(CCCCCC[C@H](N)CCCO)o4)ccc3O)[nH]c2CC[C@H]2CCC[C@@H]21.